The average Bonchev–Trinajstić information content (AvgIpc) is 2.77. The van der Waals surface area contributed by atoms with Crippen molar-refractivity contribution in [1.82, 2.24) is 15.0 Å². The van der Waals surface area contributed by atoms with Gasteiger partial charge >= 0.3 is 0 Å². The minimum Gasteiger partial charge on any atom is -0.258 e. The lowest BCUT2D eigenvalue weighted by Crippen LogP contribution is -2.38. The Bertz CT molecular complexity index is 589. The van der Waals surface area contributed by atoms with Gasteiger partial charge in [-0.15, -0.1) is 5.10 Å². The van der Waals surface area contributed by atoms with Crippen LogP contribution in [0.1, 0.15) is 0 Å². The molecule has 0 bridgehead atoms. The van der Waals surface area contributed by atoms with Crippen LogP contribution in [0.15, 0.2) is 30.5 Å². The van der Waals surface area contributed by atoms with Crippen molar-refractivity contribution in [3.8, 4) is 5.69 Å². The van der Waals surface area contributed by atoms with Gasteiger partial charge in [0.25, 0.3) is 5.69 Å². The van der Waals surface area contributed by atoms with E-state index < -0.39 is 13.0 Å². The molecule has 2 rings (SSSR count). The van der Waals surface area contributed by atoms with E-state index in [2.05, 4.69) is 30.0 Å². The van der Waals surface area contributed by atoms with Crippen molar-refractivity contribution < 1.29 is 4.92 Å². The van der Waals surface area contributed by atoms with Crippen molar-refractivity contribution in [2.24, 2.45) is 0 Å². The van der Waals surface area contributed by atoms with Gasteiger partial charge < -0.3 is 0 Å². The van der Waals surface area contributed by atoms with Crippen LogP contribution in [-0.4, -0.2) is 28.0 Å². The van der Waals surface area contributed by atoms with E-state index in [9.17, 15) is 10.1 Å². The zero-order chi connectivity index (χ0) is 13.3. The predicted octanol–water partition coefficient (Wildman–Crippen LogP) is 1.72. The van der Waals surface area contributed by atoms with Gasteiger partial charge in [0, 0.05) is 6.07 Å². The first-order valence-corrected chi connectivity index (χ1v) is 9.06. The number of aromatic nitrogens is 3. The molecular weight excluding hydrogens is 248 g/mol. The van der Waals surface area contributed by atoms with E-state index in [1.54, 1.807) is 24.4 Å². The second kappa shape index (κ2) is 4.34. The molecule has 0 fully saturated rings. The number of para-hydroxylation sites is 2. The van der Waals surface area contributed by atoms with Crippen LogP contribution < -0.4 is 5.32 Å². The van der Waals surface area contributed by atoms with Gasteiger partial charge in [0.15, 0.2) is 0 Å². The molecule has 0 amide bonds. The van der Waals surface area contributed by atoms with Crippen LogP contribution in [0, 0.1) is 10.1 Å². The lowest BCUT2D eigenvalue weighted by molar-refractivity contribution is -0.384. The highest BCUT2D eigenvalue weighted by atomic mass is 28.3. The highest BCUT2D eigenvalue weighted by molar-refractivity contribution is 6.88. The molecule has 0 aliphatic carbocycles. The molecule has 18 heavy (non-hydrogen) atoms. The molecule has 0 saturated carbocycles. The normalized spacial score (nSPS) is 11.5. The van der Waals surface area contributed by atoms with E-state index in [1.807, 2.05) is 0 Å². The Labute approximate surface area is 105 Å². The lowest BCUT2D eigenvalue weighted by atomic mass is 10.3. The maximum atomic E-state index is 11.0. The number of hydrogen-bond donors (Lipinski definition) is 0. The minimum absolute atomic E-state index is 0.0320. The maximum Gasteiger partial charge on any atom is 0.294 e. The Morgan fingerprint density at radius 1 is 1.28 bits per heavy atom. The molecule has 0 atom stereocenters. The van der Waals surface area contributed by atoms with Crippen LogP contribution in [0.25, 0.3) is 5.69 Å². The summed E-state index contributed by atoms with van der Waals surface area (Å²) in [6.07, 6.45) is 1.79. The van der Waals surface area contributed by atoms with Crippen LogP contribution in [0.5, 0.6) is 0 Å². The summed E-state index contributed by atoms with van der Waals surface area (Å²) in [6.45, 7) is 6.46. The first-order valence-electron chi connectivity index (χ1n) is 5.56. The quantitative estimate of drug-likeness (QED) is 0.479. The number of rotatable bonds is 3. The Morgan fingerprint density at radius 3 is 2.50 bits per heavy atom. The van der Waals surface area contributed by atoms with E-state index in [1.165, 1.54) is 10.7 Å². The number of nitrogens with zero attached hydrogens (tertiary/aromatic N) is 4. The second-order valence-electron chi connectivity index (χ2n) is 5.04. The summed E-state index contributed by atoms with van der Waals surface area (Å²) >= 11 is 0. The van der Waals surface area contributed by atoms with Crippen molar-refractivity contribution >= 4 is 19.1 Å². The van der Waals surface area contributed by atoms with Gasteiger partial charge in [-0.2, -0.15) is 0 Å². The van der Waals surface area contributed by atoms with Crippen molar-refractivity contribution in [2.45, 2.75) is 19.6 Å². The van der Waals surface area contributed by atoms with Crippen molar-refractivity contribution in [2.75, 3.05) is 0 Å². The van der Waals surface area contributed by atoms with Gasteiger partial charge in [-0.05, 0) is 6.07 Å². The fourth-order valence-corrected chi connectivity index (χ4v) is 2.39. The van der Waals surface area contributed by atoms with E-state index in [0.29, 0.717) is 5.69 Å². The molecule has 6 nitrogen and oxygen atoms in total. The van der Waals surface area contributed by atoms with E-state index in [0.717, 1.165) is 5.32 Å². The first-order chi connectivity index (χ1) is 8.39. The van der Waals surface area contributed by atoms with Crippen LogP contribution in [0.4, 0.5) is 5.69 Å². The third kappa shape index (κ3) is 2.30. The van der Waals surface area contributed by atoms with E-state index in [-0.39, 0.29) is 5.69 Å². The summed E-state index contributed by atoms with van der Waals surface area (Å²) in [5.41, 5.74) is 0.476. The third-order valence-electron chi connectivity index (χ3n) is 2.59. The maximum absolute atomic E-state index is 11.0. The summed E-state index contributed by atoms with van der Waals surface area (Å²) in [5, 5.41) is 20.0. The monoisotopic (exact) mass is 262 g/mol. The first kappa shape index (κ1) is 12.4. The molecule has 0 saturated heterocycles. The molecule has 0 aliphatic rings. The third-order valence-corrected chi connectivity index (χ3v) is 4.35. The SMILES string of the molecule is C[Si](C)(C)c1cn(-c2ccccc2[N+](=O)[O-])nn1. The fourth-order valence-electron chi connectivity index (χ4n) is 1.54. The van der Waals surface area contributed by atoms with Crippen molar-refractivity contribution in [1.29, 1.82) is 0 Å². The molecule has 0 aliphatic heterocycles. The summed E-state index contributed by atoms with van der Waals surface area (Å²) in [7, 11) is -1.55. The zero-order valence-electron chi connectivity index (χ0n) is 10.5. The molecule has 1 aromatic carbocycles. The Morgan fingerprint density at radius 2 is 1.94 bits per heavy atom. The second-order valence-corrected chi connectivity index (χ2v) is 10.1. The predicted molar refractivity (Wildman–Crippen MR) is 71.0 cm³/mol. The smallest absolute Gasteiger partial charge is 0.258 e. The van der Waals surface area contributed by atoms with Crippen molar-refractivity contribution in [3.63, 3.8) is 0 Å². The van der Waals surface area contributed by atoms with Crippen molar-refractivity contribution in [3.05, 3.63) is 40.6 Å². The molecule has 7 heteroatoms. The number of benzene rings is 1. The summed E-state index contributed by atoms with van der Waals surface area (Å²) in [6, 6.07) is 6.52. The van der Waals surface area contributed by atoms with Gasteiger partial charge in [-0.3, -0.25) is 10.1 Å². The molecule has 0 unspecified atom stereocenters. The van der Waals surface area contributed by atoms with Gasteiger partial charge in [0.2, 0.25) is 0 Å². The number of nitro benzene ring substituents is 1. The molecule has 0 spiro atoms. The standard InChI is InChI=1S/C11H14N4O2Si/c1-18(2,3)11-8-14(13-12-11)9-6-4-5-7-10(9)15(16)17/h4-8H,1-3H3. The minimum atomic E-state index is -1.55. The molecule has 0 N–H and O–H groups in total. The van der Waals surface area contributed by atoms with Crippen LogP contribution in [-0.2, 0) is 0 Å². The van der Waals surface area contributed by atoms with E-state index in [4.69, 9.17) is 0 Å². The molecule has 94 valence electrons. The highest BCUT2D eigenvalue weighted by Gasteiger charge is 2.22. The summed E-state index contributed by atoms with van der Waals surface area (Å²) < 4.78 is 1.48. The topological polar surface area (TPSA) is 73.8 Å². The van der Waals surface area contributed by atoms with Crippen LogP contribution in [0.3, 0.4) is 0 Å². The average molecular weight is 262 g/mol. The van der Waals surface area contributed by atoms with Gasteiger partial charge in [0.1, 0.15) is 13.8 Å². The highest BCUT2D eigenvalue weighted by Crippen LogP contribution is 2.20. The molecule has 1 aromatic heterocycles. The molecule has 0 radical (unpaired) electrons. The number of hydrogen-bond acceptors (Lipinski definition) is 4. The zero-order valence-corrected chi connectivity index (χ0v) is 11.5. The van der Waals surface area contributed by atoms with Gasteiger partial charge in [-0.25, -0.2) is 4.68 Å². The van der Waals surface area contributed by atoms with Crippen LogP contribution in [0.2, 0.25) is 19.6 Å². The largest absolute Gasteiger partial charge is 0.294 e. The Balaban J connectivity index is 2.50. The lowest BCUT2D eigenvalue weighted by Gasteiger charge is -2.09. The van der Waals surface area contributed by atoms with Gasteiger partial charge in [0.05, 0.1) is 16.4 Å². The Kier molecular flexibility index (Phi) is 3.00. The molecule has 2 aromatic rings. The van der Waals surface area contributed by atoms with Gasteiger partial charge in [-0.1, -0.05) is 37.0 Å². The molecule has 1 heterocycles. The summed E-state index contributed by atoms with van der Waals surface area (Å²) in [4.78, 5) is 10.5. The molecular formula is C11H14N4O2Si. The van der Waals surface area contributed by atoms with Crippen LogP contribution >= 0.6 is 0 Å². The summed E-state index contributed by atoms with van der Waals surface area (Å²) in [5.74, 6) is 0. The van der Waals surface area contributed by atoms with E-state index >= 15 is 0 Å². The Hall–Kier alpha value is -2.02. The number of nitro groups is 1. The fraction of sp³-hybridized carbons (Fsp3) is 0.273.